The summed E-state index contributed by atoms with van der Waals surface area (Å²) in [4.78, 5) is 11.9. The molecule has 1 aliphatic carbocycles. The van der Waals surface area contributed by atoms with Crippen molar-refractivity contribution in [3.63, 3.8) is 0 Å². The van der Waals surface area contributed by atoms with Gasteiger partial charge in [-0.1, -0.05) is 37.3 Å². The van der Waals surface area contributed by atoms with Gasteiger partial charge in [0.1, 0.15) is 6.61 Å². The van der Waals surface area contributed by atoms with E-state index in [9.17, 15) is 4.79 Å². The van der Waals surface area contributed by atoms with Crippen molar-refractivity contribution in [3.05, 3.63) is 35.9 Å². The summed E-state index contributed by atoms with van der Waals surface area (Å²) in [6.45, 7) is 5.17. The molecule has 0 aromatic heterocycles. The Balaban J connectivity index is 1.67. The summed E-state index contributed by atoms with van der Waals surface area (Å²) >= 11 is 0. The van der Waals surface area contributed by atoms with Gasteiger partial charge < -0.3 is 10.1 Å². The van der Waals surface area contributed by atoms with Crippen LogP contribution < -0.4 is 5.32 Å². The summed E-state index contributed by atoms with van der Waals surface area (Å²) in [6.07, 6.45) is 2.64. The first-order valence-corrected chi connectivity index (χ1v) is 7.10. The average Bonchev–Trinajstić information content (AvgIpc) is 3.27. The lowest BCUT2D eigenvalue weighted by atomic mass is 10.1. The highest BCUT2D eigenvalue weighted by Gasteiger charge is 2.28. The quantitative estimate of drug-likeness (QED) is 0.767. The van der Waals surface area contributed by atoms with Crippen molar-refractivity contribution in [1.29, 1.82) is 0 Å². The Morgan fingerprint density at radius 1 is 1.32 bits per heavy atom. The van der Waals surface area contributed by atoms with E-state index in [0.717, 1.165) is 11.5 Å². The SMILES string of the molecule is CC(CNC(C)C1CC1)C(=O)OCc1ccccc1. The molecule has 0 aliphatic heterocycles. The highest BCUT2D eigenvalue weighted by molar-refractivity contribution is 5.72. The minimum absolute atomic E-state index is 0.0927. The molecule has 1 aromatic carbocycles. The molecule has 0 amide bonds. The smallest absolute Gasteiger partial charge is 0.310 e. The molecule has 0 spiro atoms. The van der Waals surface area contributed by atoms with E-state index in [1.807, 2.05) is 37.3 Å². The molecule has 3 heteroatoms. The second kappa shape index (κ2) is 6.71. The molecule has 104 valence electrons. The maximum atomic E-state index is 11.9. The van der Waals surface area contributed by atoms with E-state index in [1.54, 1.807) is 0 Å². The molecule has 1 saturated carbocycles. The minimum Gasteiger partial charge on any atom is -0.461 e. The molecule has 1 aromatic rings. The number of esters is 1. The zero-order chi connectivity index (χ0) is 13.7. The van der Waals surface area contributed by atoms with Crippen LogP contribution in [0.15, 0.2) is 30.3 Å². The second-order valence-corrected chi connectivity index (χ2v) is 5.53. The van der Waals surface area contributed by atoms with Crippen molar-refractivity contribution in [3.8, 4) is 0 Å². The number of hydrogen-bond donors (Lipinski definition) is 1. The molecule has 0 heterocycles. The summed E-state index contributed by atoms with van der Waals surface area (Å²) in [5.41, 5.74) is 1.03. The van der Waals surface area contributed by atoms with Crippen LogP contribution in [0.3, 0.4) is 0 Å². The average molecular weight is 261 g/mol. The van der Waals surface area contributed by atoms with Gasteiger partial charge in [0, 0.05) is 12.6 Å². The van der Waals surface area contributed by atoms with Gasteiger partial charge in [0.05, 0.1) is 5.92 Å². The van der Waals surface area contributed by atoms with E-state index >= 15 is 0 Å². The van der Waals surface area contributed by atoms with Gasteiger partial charge in [-0.15, -0.1) is 0 Å². The fourth-order valence-corrected chi connectivity index (χ4v) is 2.08. The normalized spacial score (nSPS) is 17.8. The fourth-order valence-electron chi connectivity index (χ4n) is 2.08. The molecule has 1 aliphatic rings. The lowest BCUT2D eigenvalue weighted by Crippen LogP contribution is -2.35. The summed E-state index contributed by atoms with van der Waals surface area (Å²) in [6, 6.07) is 10.3. The van der Waals surface area contributed by atoms with Gasteiger partial charge in [0.2, 0.25) is 0 Å². The first-order chi connectivity index (χ1) is 9.16. The van der Waals surface area contributed by atoms with Crippen LogP contribution in [-0.2, 0) is 16.1 Å². The van der Waals surface area contributed by atoms with Crippen molar-refractivity contribution in [2.75, 3.05) is 6.54 Å². The molecule has 1 N–H and O–H groups in total. The molecule has 0 radical (unpaired) electrons. The first kappa shape index (κ1) is 14.1. The number of rotatable bonds is 7. The van der Waals surface area contributed by atoms with E-state index in [-0.39, 0.29) is 11.9 Å². The van der Waals surface area contributed by atoms with Crippen molar-refractivity contribution in [2.45, 2.75) is 39.3 Å². The zero-order valence-corrected chi connectivity index (χ0v) is 11.8. The van der Waals surface area contributed by atoms with Crippen LogP contribution in [0, 0.1) is 11.8 Å². The second-order valence-electron chi connectivity index (χ2n) is 5.53. The predicted molar refractivity (Wildman–Crippen MR) is 75.6 cm³/mol. The highest BCUT2D eigenvalue weighted by Crippen LogP contribution is 2.32. The van der Waals surface area contributed by atoms with E-state index in [1.165, 1.54) is 12.8 Å². The van der Waals surface area contributed by atoms with Crippen LogP contribution in [0.1, 0.15) is 32.3 Å². The molecule has 2 atom stereocenters. The Hall–Kier alpha value is -1.35. The molecule has 2 unspecified atom stereocenters. The minimum atomic E-state index is -0.126. The third-order valence-electron chi connectivity index (χ3n) is 3.70. The molecular weight excluding hydrogens is 238 g/mol. The van der Waals surface area contributed by atoms with Crippen LogP contribution in [0.25, 0.3) is 0 Å². The van der Waals surface area contributed by atoms with E-state index in [0.29, 0.717) is 19.2 Å². The maximum Gasteiger partial charge on any atom is 0.310 e. The van der Waals surface area contributed by atoms with Crippen LogP contribution in [0.2, 0.25) is 0 Å². The summed E-state index contributed by atoms with van der Waals surface area (Å²) in [7, 11) is 0. The molecule has 2 rings (SSSR count). The van der Waals surface area contributed by atoms with Crippen molar-refractivity contribution < 1.29 is 9.53 Å². The largest absolute Gasteiger partial charge is 0.461 e. The molecular formula is C16H23NO2. The number of benzene rings is 1. The Morgan fingerprint density at radius 3 is 2.63 bits per heavy atom. The van der Waals surface area contributed by atoms with Gasteiger partial charge in [-0.3, -0.25) is 4.79 Å². The monoisotopic (exact) mass is 261 g/mol. The van der Waals surface area contributed by atoms with Gasteiger partial charge in [0.25, 0.3) is 0 Å². The zero-order valence-electron chi connectivity index (χ0n) is 11.8. The highest BCUT2D eigenvalue weighted by atomic mass is 16.5. The number of hydrogen-bond acceptors (Lipinski definition) is 3. The standard InChI is InChI=1S/C16H23NO2/c1-12(10-17-13(2)15-8-9-15)16(18)19-11-14-6-4-3-5-7-14/h3-7,12-13,15,17H,8-11H2,1-2H3. The van der Waals surface area contributed by atoms with Crippen LogP contribution in [0.4, 0.5) is 0 Å². The van der Waals surface area contributed by atoms with Gasteiger partial charge in [-0.25, -0.2) is 0 Å². The number of carbonyl (C=O) groups is 1. The van der Waals surface area contributed by atoms with Crippen molar-refractivity contribution in [1.82, 2.24) is 5.32 Å². The van der Waals surface area contributed by atoms with Crippen molar-refractivity contribution >= 4 is 5.97 Å². The predicted octanol–water partition coefficient (Wildman–Crippen LogP) is 2.75. The van der Waals surface area contributed by atoms with Gasteiger partial charge in [-0.05, 0) is 31.2 Å². The Kier molecular flexibility index (Phi) is 4.97. The molecule has 3 nitrogen and oxygen atoms in total. The van der Waals surface area contributed by atoms with Gasteiger partial charge in [0.15, 0.2) is 0 Å². The lowest BCUT2D eigenvalue weighted by molar-refractivity contribution is -0.149. The summed E-state index contributed by atoms with van der Waals surface area (Å²) in [5, 5.41) is 3.42. The fraction of sp³-hybridized carbons (Fsp3) is 0.562. The topological polar surface area (TPSA) is 38.3 Å². The third kappa shape index (κ3) is 4.67. The van der Waals surface area contributed by atoms with Crippen LogP contribution in [-0.4, -0.2) is 18.6 Å². The Labute approximate surface area is 115 Å². The van der Waals surface area contributed by atoms with E-state index in [2.05, 4.69) is 12.2 Å². The van der Waals surface area contributed by atoms with Crippen LogP contribution >= 0.6 is 0 Å². The summed E-state index contributed by atoms with van der Waals surface area (Å²) in [5.74, 6) is 0.594. The third-order valence-corrected chi connectivity index (χ3v) is 3.70. The Morgan fingerprint density at radius 2 is 2.00 bits per heavy atom. The van der Waals surface area contributed by atoms with Gasteiger partial charge in [-0.2, -0.15) is 0 Å². The van der Waals surface area contributed by atoms with E-state index in [4.69, 9.17) is 4.74 Å². The number of ether oxygens (including phenoxy) is 1. The summed E-state index contributed by atoms with van der Waals surface area (Å²) < 4.78 is 5.32. The maximum absolute atomic E-state index is 11.9. The molecule has 0 saturated heterocycles. The Bertz CT molecular complexity index is 400. The molecule has 1 fully saturated rings. The van der Waals surface area contributed by atoms with Crippen molar-refractivity contribution in [2.24, 2.45) is 11.8 Å². The van der Waals surface area contributed by atoms with E-state index < -0.39 is 0 Å². The van der Waals surface area contributed by atoms with Gasteiger partial charge >= 0.3 is 5.97 Å². The lowest BCUT2D eigenvalue weighted by Gasteiger charge is -2.16. The molecule has 0 bridgehead atoms. The van der Waals surface area contributed by atoms with Crippen LogP contribution in [0.5, 0.6) is 0 Å². The molecule has 19 heavy (non-hydrogen) atoms. The number of carbonyl (C=O) groups excluding carboxylic acids is 1. The first-order valence-electron chi connectivity index (χ1n) is 7.10. The number of nitrogens with one attached hydrogen (secondary N) is 1.